The lowest BCUT2D eigenvalue weighted by molar-refractivity contribution is 0.0989. The second-order valence-corrected chi connectivity index (χ2v) is 4.84. The van der Waals surface area contributed by atoms with E-state index in [-0.39, 0.29) is 0 Å². The molecule has 0 aromatic heterocycles. The van der Waals surface area contributed by atoms with E-state index in [1.54, 1.807) is 0 Å². The van der Waals surface area contributed by atoms with Crippen molar-refractivity contribution in [1.82, 2.24) is 0 Å². The Bertz CT molecular complexity index is 299. The van der Waals surface area contributed by atoms with Crippen LogP contribution in [0.2, 0.25) is 0 Å². The second-order valence-electron chi connectivity index (χ2n) is 3.59. The highest BCUT2D eigenvalue weighted by atomic mass is 127. The summed E-state index contributed by atoms with van der Waals surface area (Å²) >= 11 is 2.33. The van der Waals surface area contributed by atoms with Crippen LogP contribution in [-0.2, 0) is 4.74 Å². The molecule has 2 nitrogen and oxygen atoms in total. The molecule has 2 rings (SSSR count). The number of hydrogen-bond donors (Lipinski definition) is 0. The van der Waals surface area contributed by atoms with Gasteiger partial charge in [0.15, 0.2) is 0 Å². The zero-order chi connectivity index (χ0) is 9.97. The van der Waals surface area contributed by atoms with Crippen molar-refractivity contribution in [3.05, 3.63) is 27.8 Å². The van der Waals surface area contributed by atoms with E-state index < -0.39 is 0 Å². The molecule has 1 fully saturated rings. The van der Waals surface area contributed by atoms with Gasteiger partial charge in [0.2, 0.25) is 0 Å². The van der Waals surface area contributed by atoms with Crippen molar-refractivity contribution >= 4 is 28.3 Å². The minimum Gasteiger partial charge on any atom is -0.377 e. The Hall–Kier alpha value is -0.290. The number of ether oxygens (including phenoxy) is 1. The van der Waals surface area contributed by atoms with Gasteiger partial charge < -0.3 is 9.64 Å². The Labute approximate surface area is 98.4 Å². The van der Waals surface area contributed by atoms with Gasteiger partial charge in [0.25, 0.3) is 0 Å². The third-order valence-corrected chi connectivity index (χ3v) is 3.25. The normalized spacial score (nSPS) is 22.4. The van der Waals surface area contributed by atoms with Crippen LogP contribution >= 0.6 is 22.6 Å². The van der Waals surface area contributed by atoms with Crippen molar-refractivity contribution < 1.29 is 4.74 Å². The fraction of sp³-hybridized carbons (Fsp3) is 0.455. The van der Waals surface area contributed by atoms with Gasteiger partial charge in [0, 0.05) is 21.8 Å². The van der Waals surface area contributed by atoms with Gasteiger partial charge in [-0.1, -0.05) is 0 Å². The van der Waals surface area contributed by atoms with E-state index in [1.807, 2.05) is 0 Å². The number of anilines is 1. The van der Waals surface area contributed by atoms with Crippen LogP contribution in [0.4, 0.5) is 5.69 Å². The van der Waals surface area contributed by atoms with Crippen molar-refractivity contribution in [1.29, 1.82) is 0 Å². The molecule has 0 N–H and O–H groups in total. The molecule has 0 aliphatic carbocycles. The Kier molecular flexibility index (Phi) is 3.28. The third-order valence-electron chi connectivity index (χ3n) is 2.53. The number of nitrogens with zero attached hydrogens (tertiary/aromatic N) is 1. The van der Waals surface area contributed by atoms with Crippen molar-refractivity contribution in [2.45, 2.75) is 13.0 Å². The molecule has 1 aromatic carbocycles. The van der Waals surface area contributed by atoms with Crippen molar-refractivity contribution in [2.24, 2.45) is 0 Å². The minimum absolute atomic E-state index is 0.490. The lowest BCUT2D eigenvalue weighted by Crippen LogP contribution is -2.43. The summed E-state index contributed by atoms with van der Waals surface area (Å²) < 4.78 is 6.70. The molecule has 1 aromatic rings. The highest BCUT2D eigenvalue weighted by molar-refractivity contribution is 14.1. The summed E-state index contributed by atoms with van der Waals surface area (Å²) in [6, 6.07) is 9.16. The fourth-order valence-corrected chi connectivity index (χ4v) is 2.10. The molecular weight excluding hydrogens is 289 g/mol. The minimum atomic E-state index is 0.490. The molecule has 14 heavy (non-hydrogen) atoms. The maximum absolute atomic E-state index is 5.41. The van der Waals surface area contributed by atoms with Crippen LogP contribution in [0.25, 0.3) is 0 Å². The van der Waals surface area contributed by atoms with Gasteiger partial charge in [-0.05, 0) is 53.8 Å². The highest BCUT2D eigenvalue weighted by Gasteiger charge is 2.18. The molecule has 1 saturated heterocycles. The highest BCUT2D eigenvalue weighted by Crippen LogP contribution is 2.20. The van der Waals surface area contributed by atoms with Crippen LogP contribution in [0, 0.1) is 3.57 Å². The van der Waals surface area contributed by atoms with E-state index in [1.165, 1.54) is 9.26 Å². The fourth-order valence-electron chi connectivity index (χ4n) is 1.74. The summed E-state index contributed by atoms with van der Waals surface area (Å²) in [4.78, 5) is 2.40. The molecule has 1 unspecified atom stereocenters. The lowest BCUT2D eigenvalue weighted by atomic mass is 10.2. The van der Waals surface area contributed by atoms with Crippen LogP contribution in [0.5, 0.6) is 0 Å². The molecule has 1 aliphatic heterocycles. The molecule has 3 heteroatoms. The monoisotopic (exact) mass is 303 g/mol. The SMILES string of the molecule is CC1COCCN1c1ccc(I)cc1. The Morgan fingerprint density at radius 1 is 1.36 bits per heavy atom. The van der Waals surface area contributed by atoms with Crippen LogP contribution in [-0.4, -0.2) is 25.8 Å². The largest absolute Gasteiger partial charge is 0.377 e. The van der Waals surface area contributed by atoms with Gasteiger partial charge in [-0.2, -0.15) is 0 Å². The van der Waals surface area contributed by atoms with Crippen LogP contribution in [0.1, 0.15) is 6.92 Å². The number of hydrogen-bond acceptors (Lipinski definition) is 2. The number of rotatable bonds is 1. The predicted octanol–water partition coefficient (Wildman–Crippen LogP) is 2.52. The van der Waals surface area contributed by atoms with E-state index >= 15 is 0 Å². The summed E-state index contributed by atoms with van der Waals surface area (Å²) in [5.41, 5.74) is 1.31. The molecule has 0 amide bonds. The molecule has 1 aliphatic rings. The van der Waals surface area contributed by atoms with Gasteiger partial charge in [-0.25, -0.2) is 0 Å². The topological polar surface area (TPSA) is 12.5 Å². The molecule has 0 saturated carbocycles. The predicted molar refractivity (Wildman–Crippen MR) is 66.8 cm³/mol. The first-order valence-electron chi connectivity index (χ1n) is 4.87. The van der Waals surface area contributed by atoms with E-state index in [9.17, 15) is 0 Å². The summed E-state index contributed by atoms with van der Waals surface area (Å²) in [5.74, 6) is 0. The van der Waals surface area contributed by atoms with Gasteiger partial charge in [-0.15, -0.1) is 0 Å². The quantitative estimate of drug-likeness (QED) is 0.739. The Balaban J connectivity index is 2.16. The van der Waals surface area contributed by atoms with E-state index in [0.717, 1.165) is 19.8 Å². The standard InChI is InChI=1S/C11H14INO/c1-9-8-14-7-6-13(9)11-4-2-10(12)3-5-11/h2-5,9H,6-8H2,1H3. The Morgan fingerprint density at radius 3 is 2.71 bits per heavy atom. The first kappa shape index (κ1) is 10.2. The van der Waals surface area contributed by atoms with Gasteiger partial charge in [0.05, 0.1) is 13.2 Å². The Morgan fingerprint density at radius 2 is 2.07 bits per heavy atom. The maximum Gasteiger partial charge on any atom is 0.0668 e. The van der Waals surface area contributed by atoms with Gasteiger partial charge >= 0.3 is 0 Å². The maximum atomic E-state index is 5.41. The first-order valence-corrected chi connectivity index (χ1v) is 5.95. The first-order chi connectivity index (χ1) is 6.77. The summed E-state index contributed by atoms with van der Waals surface area (Å²) in [6.45, 7) is 4.89. The summed E-state index contributed by atoms with van der Waals surface area (Å²) in [5, 5.41) is 0. The smallest absolute Gasteiger partial charge is 0.0668 e. The van der Waals surface area contributed by atoms with Crippen molar-refractivity contribution in [2.75, 3.05) is 24.7 Å². The van der Waals surface area contributed by atoms with Crippen LogP contribution in [0.3, 0.4) is 0 Å². The molecule has 0 bridgehead atoms. The zero-order valence-electron chi connectivity index (χ0n) is 8.24. The van der Waals surface area contributed by atoms with Crippen molar-refractivity contribution in [3.8, 4) is 0 Å². The molecule has 76 valence electrons. The van der Waals surface area contributed by atoms with E-state index in [0.29, 0.717) is 6.04 Å². The third kappa shape index (κ3) is 2.20. The van der Waals surface area contributed by atoms with E-state index in [2.05, 4.69) is 58.7 Å². The molecule has 0 spiro atoms. The average molecular weight is 303 g/mol. The molecular formula is C11H14INO. The average Bonchev–Trinajstić information content (AvgIpc) is 2.20. The molecule has 1 atom stereocenters. The molecule has 1 heterocycles. The van der Waals surface area contributed by atoms with Crippen LogP contribution < -0.4 is 4.90 Å². The lowest BCUT2D eigenvalue weighted by Gasteiger charge is -2.35. The van der Waals surface area contributed by atoms with Gasteiger partial charge in [-0.3, -0.25) is 0 Å². The second kappa shape index (κ2) is 4.49. The zero-order valence-corrected chi connectivity index (χ0v) is 10.4. The number of halogens is 1. The van der Waals surface area contributed by atoms with Crippen molar-refractivity contribution in [3.63, 3.8) is 0 Å². The van der Waals surface area contributed by atoms with E-state index in [4.69, 9.17) is 4.74 Å². The summed E-state index contributed by atoms with van der Waals surface area (Å²) in [7, 11) is 0. The number of benzene rings is 1. The number of morpholine rings is 1. The van der Waals surface area contributed by atoms with Crippen LogP contribution in [0.15, 0.2) is 24.3 Å². The summed E-state index contributed by atoms with van der Waals surface area (Å²) in [6.07, 6.45) is 0. The van der Waals surface area contributed by atoms with Gasteiger partial charge in [0.1, 0.15) is 0 Å². The molecule has 0 radical (unpaired) electrons.